The molecule has 3 atom stereocenters. The zero-order valence-corrected chi connectivity index (χ0v) is 13.7. The second-order valence-corrected chi connectivity index (χ2v) is 7.30. The molecule has 20 heavy (non-hydrogen) atoms. The van der Waals surface area contributed by atoms with Gasteiger partial charge in [-0.1, -0.05) is 40.9 Å². The van der Waals surface area contributed by atoms with Crippen LogP contribution < -0.4 is 5.73 Å². The molecule has 2 N–H and O–H groups in total. The molecule has 1 saturated carbocycles. The van der Waals surface area contributed by atoms with E-state index in [-0.39, 0.29) is 6.04 Å². The van der Waals surface area contributed by atoms with Gasteiger partial charge in [-0.2, -0.15) is 0 Å². The van der Waals surface area contributed by atoms with E-state index in [2.05, 4.69) is 45.1 Å². The fourth-order valence-corrected chi connectivity index (χ4v) is 4.41. The van der Waals surface area contributed by atoms with Gasteiger partial charge in [0.2, 0.25) is 0 Å². The molecule has 0 bridgehead atoms. The Morgan fingerprint density at radius 3 is 2.95 bits per heavy atom. The van der Waals surface area contributed by atoms with Gasteiger partial charge in [0.25, 0.3) is 0 Å². The van der Waals surface area contributed by atoms with Crippen molar-refractivity contribution in [1.82, 2.24) is 4.90 Å². The van der Waals surface area contributed by atoms with E-state index in [4.69, 9.17) is 5.73 Å². The molecule has 0 aromatic heterocycles. The molecule has 0 spiro atoms. The lowest BCUT2D eigenvalue weighted by atomic mass is 9.85. The highest BCUT2D eigenvalue weighted by atomic mass is 79.9. The van der Waals surface area contributed by atoms with Crippen molar-refractivity contribution in [2.75, 3.05) is 13.1 Å². The topological polar surface area (TPSA) is 29.3 Å². The Morgan fingerprint density at radius 2 is 2.10 bits per heavy atom. The van der Waals surface area contributed by atoms with Gasteiger partial charge in [0, 0.05) is 23.1 Å². The lowest BCUT2D eigenvalue weighted by Crippen LogP contribution is -2.36. The molecule has 3 unspecified atom stereocenters. The average molecular weight is 337 g/mol. The standard InChI is InChI=1S/C17H25BrN2/c18-15-6-3-5-14(12-15)16(19)9-11-20-10-8-13-4-1-2-7-17(13)20/h3,5-6,12-13,16-17H,1-2,4,7-11,19H2. The maximum absolute atomic E-state index is 6.36. The minimum atomic E-state index is 0.162. The summed E-state index contributed by atoms with van der Waals surface area (Å²) in [4.78, 5) is 2.71. The first-order chi connectivity index (χ1) is 9.74. The van der Waals surface area contributed by atoms with E-state index in [0.717, 1.165) is 29.4 Å². The summed E-state index contributed by atoms with van der Waals surface area (Å²) in [6, 6.07) is 9.45. The van der Waals surface area contributed by atoms with Gasteiger partial charge in [0.05, 0.1) is 0 Å². The van der Waals surface area contributed by atoms with Crippen molar-refractivity contribution in [2.24, 2.45) is 11.7 Å². The van der Waals surface area contributed by atoms with Crippen LogP contribution in [0, 0.1) is 5.92 Å². The molecule has 0 amide bonds. The molecule has 2 fully saturated rings. The quantitative estimate of drug-likeness (QED) is 0.896. The largest absolute Gasteiger partial charge is 0.324 e. The van der Waals surface area contributed by atoms with E-state index >= 15 is 0 Å². The first-order valence-corrected chi connectivity index (χ1v) is 8.78. The molecule has 3 rings (SSSR count). The van der Waals surface area contributed by atoms with Gasteiger partial charge in [-0.25, -0.2) is 0 Å². The number of nitrogens with zero attached hydrogens (tertiary/aromatic N) is 1. The predicted molar refractivity (Wildman–Crippen MR) is 87.6 cm³/mol. The summed E-state index contributed by atoms with van der Waals surface area (Å²) in [6.45, 7) is 2.45. The number of hydrogen-bond acceptors (Lipinski definition) is 2. The van der Waals surface area contributed by atoms with Crippen LogP contribution in [0.2, 0.25) is 0 Å². The number of benzene rings is 1. The van der Waals surface area contributed by atoms with Crippen LogP contribution in [0.15, 0.2) is 28.7 Å². The molecule has 1 aromatic rings. The number of nitrogens with two attached hydrogens (primary N) is 1. The number of rotatable bonds is 4. The second-order valence-electron chi connectivity index (χ2n) is 6.39. The molecule has 1 aromatic carbocycles. The first-order valence-electron chi connectivity index (χ1n) is 7.99. The Balaban J connectivity index is 1.54. The van der Waals surface area contributed by atoms with Crippen molar-refractivity contribution < 1.29 is 0 Å². The van der Waals surface area contributed by atoms with Crippen LogP contribution in [0.4, 0.5) is 0 Å². The second kappa shape index (κ2) is 6.59. The molecule has 1 saturated heterocycles. The van der Waals surface area contributed by atoms with Gasteiger partial charge in [0.1, 0.15) is 0 Å². The van der Waals surface area contributed by atoms with Gasteiger partial charge in [0.15, 0.2) is 0 Å². The molecule has 1 aliphatic carbocycles. The predicted octanol–water partition coefficient (Wildman–Crippen LogP) is 4.10. The highest BCUT2D eigenvalue weighted by Gasteiger charge is 2.35. The minimum Gasteiger partial charge on any atom is -0.324 e. The summed E-state index contributed by atoms with van der Waals surface area (Å²) in [6.07, 6.45) is 8.23. The van der Waals surface area contributed by atoms with Crippen molar-refractivity contribution in [3.8, 4) is 0 Å². The van der Waals surface area contributed by atoms with Crippen molar-refractivity contribution >= 4 is 15.9 Å². The Hall–Kier alpha value is -0.380. The molecule has 2 aliphatic rings. The Bertz CT molecular complexity index is 448. The van der Waals surface area contributed by atoms with Crippen LogP contribution >= 0.6 is 15.9 Å². The summed E-state index contributed by atoms with van der Waals surface area (Å²) in [7, 11) is 0. The maximum atomic E-state index is 6.36. The molecule has 2 nitrogen and oxygen atoms in total. The van der Waals surface area contributed by atoms with Crippen molar-refractivity contribution in [3.63, 3.8) is 0 Å². The smallest absolute Gasteiger partial charge is 0.0307 e. The highest BCUT2D eigenvalue weighted by Crippen LogP contribution is 2.36. The van der Waals surface area contributed by atoms with Gasteiger partial charge >= 0.3 is 0 Å². The molecule has 3 heteroatoms. The van der Waals surface area contributed by atoms with E-state index in [1.807, 2.05) is 0 Å². The van der Waals surface area contributed by atoms with Crippen LogP contribution in [0.5, 0.6) is 0 Å². The zero-order valence-electron chi connectivity index (χ0n) is 12.1. The molecule has 1 heterocycles. The molecule has 1 aliphatic heterocycles. The normalized spacial score (nSPS) is 28.3. The van der Waals surface area contributed by atoms with E-state index in [0.29, 0.717) is 0 Å². The number of likely N-dealkylation sites (tertiary alicyclic amines) is 1. The van der Waals surface area contributed by atoms with Gasteiger partial charge in [-0.15, -0.1) is 0 Å². The summed E-state index contributed by atoms with van der Waals surface area (Å²) in [5, 5.41) is 0. The fraction of sp³-hybridized carbons (Fsp3) is 0.647. The minimum absolute atomic E-state index is 0.162. The van der Waals surface area contributed by atoms with Crippen LogP contribution in [-0.2, 0) is 0 Å². The molecular weight excluding hydrogens is 312 g/mol. The lowest BCUT2D eigenvalue weighted by molar-refractivity contribution is 0.178. The van der Waals surface area contributed by atoms with E-state index in [9.17, 15) is 0 Å². The monoisotopic (exact) mass is 336 g/mol. The Morgan fingerprint density at radius 1 is 1.25 bits per heavy atom. The van der Waals surface area contributed by atoms with Gasteiger partial charge in [-0.3, -0.25) is 0 Å². The Labute approximate surface area is 130 Å². The molecule has 0 radical (unpaired) electrons. The third-order valence-electron chi connectivity index (χ3n) is 5.13. The van der Waals surface area contributed by atoms with Gasteiger partial charge in [-0.05, 0) is 55.8 Å². The lowest BCUT2D eigenvalue weighted by Gasteiger charge is -2.32. The van der Waals surface area contributed by atoms with Crippen LogP contribution in [-0.4, -0.2) is 24.0 Å². The average Bonchev–Trinajstić information content (AvgIpc) is 2.88. The summed E-state index contributed by atoms with van der Waals surface area (Å²) in [5.41, 5.74) is 7.61. The summed E-state index contributed by atoms with van der Waals surface area (Å²) < 4.78 is 1.12. The van der Waals surface area contributed by atoms with Gasteiger partial charge < -0.3 is 10.6 Å². The Kier molecular flexibility index (Phi) is 4.79. The van der Waals surface area contributed by atoms with E-state index in [1.165, 1.54) is 44.2 Å². The third kappa shape index (κ3) is 3.26. The zero-order chi connectivity index (χ0) is 13.9. The first kappa shape index (κ1) is 14.6. The summed E-state index contributed by atoms with van der Waals surface area (Å²) in [5.74, 6) is 0.978. The summed E-state index contributed by atoms with van der Waals surface area (Å²) >= 11 is 3.53. The number of halogens is 1. The third-order valence-corrected chi connectivity index (χ3v) is 5.62. The highest BCUT2D eigenvalue weighted by molar-refractivity contribution is 9.10. The maximum Gasteiger partial charge on any atom is 0.0307 e. The van der Waals surface area contributed by atoms with Crippen molar-refractivity contribution in [3.05, 3.63) is 34.3 Å². The molecule has 110 valence electrons. The van der Waals surface area contributed by atoms with Crippen LogP contribution in [0.3, 0.4) is 0 Å². The van der Waals surface area contributed by atoms with E-state index in [1.54, 1.807) is 0 Å². The van der Waals surface area contributed by atoms with Crippen LogP contribution in [0.1, 0.15) is 50.1 Å². The van der Waals surface area contributed by atoms with E-state index < -0.39 is 0 Å². The van der Waals surface area contributed by atoms with Crippen molar-refractivity contribution in [1.29, 1.82) is 0 Å². The number of fused-ring (bicyclic) bond motifs is 1. The SMILES string of the molecule is NC(CCN1CCC2CCCCC21)c1cccc(Br)c1. The van der Waals surface area contributed by atoms with Crippen molar-refractivity contribution in [2.45, 2.75) is 50.6 Å². The fourth-order valence-electron chi connectivity index (χ4n) is 3.99. The molecular formula is C17H25BrN2. The van der Waals surface area contributed by atoms with Crippen LogP contribution in [0.25, 0.3) is 0 Å². The number of hydrogen-bond donors (Lipinski definition) is 1.